The number of nitrogens with zero attached hydrogens (tertiary/aromatic N) is 1. The maximum absolute atomic E-state index is 10.4. The molecule has 0 bridgehead atoms. The van der Waals surface area contributed by atoms with Crippen LogP contribution >= 0.6 is 23.4 Å². The monoisotopic (exact) mass is 279 g/mol. The summed E-state index contributed by atoms with van der Waals surface area (Å²) in [5.41, 5.74) is 0.613. The van der Waals surface area contributed by atoms with Crippen molar-refractivity contribution in [2.24, 2.45) is 0 Å². The highest BCUT2D eigenvalue weighted by Gasteiger charge is 2.07. The quantitative estimate of drug-likeness (QED) is 0.620. The Hall–Kier alpha value is -1.52. The first-order valence-electron chi connectivity index (χ1n) is 5.28. The van der Waals surface area contributed by atoms with Gasteiger partial charge in [0.15, 0.2) is 0 Å². The average Bonchev–Trinajstić information content (AvgIpc) is 2.33. The average molecular weight is 280 g/mol. The molecule has 0 aliphatic rings. The minimum Gasteiger partial charge on any atom is -0.264 e. The number of rotatable bonds is 4. The van der Waals surface area contributed by atoms with Crippen molar-refractivity contribution in [3.05, 3.63) is 69.2 Å². The van der Waals surface area contributed by atoms with Crippen molar-refractivity contribution >= 4 is 23.4 Å². The molecule has 2 aromatic carbocycles. The van der Waals surface area contributed by atoms with Crippen molar-refractivity contribution in [1.29, 1.82) is 0 Å². The maximum Gasteiger partial charge on any atom is 0.228 e. The standard InChI is InChI=1S/C13H10ClNO2S/c14-12-8-10(9-15(16)17)6-7-13(12)18-11-4-2-1-3-5-11/h1-8H,9H2. The molecule has 0 aromatic heterocycles. The van der Waals surface area contributed by atoms with Crippen LogP contribution in [0.4, 0.5) is 0 Å². The molecule has 0 atom stereocenters. The van der Waals surface area contributed by atoms with E-state index in [1.54, 1.807) is 23.9 Å². The van der Waals surface area contributed by atoms with Crippen LogP contribution in [0.25, 0.3) is 0 Å². The van der Waals surface area contributed by atoms with Crippen LogP contribution in [-0.2, 0) is 6.54 Å². The number of benzene rings is 2. The third-order valence-corrected chi connectivity index (χ3v) is 3.79. The number of nitro groups is 1. The Morgan fingerprint density at radius 2 is 1.89 bits per heavy atom. The fourth-order valence-electron chi connectivity index (χ4n) is 1.49. The normalized spacial score (nSPS) is 10.3. The Labute approximate surface area is 114 Å². The van der Waals surface area contributed by atoms with Crippen LogP contribution in [0, 0.1) is 10.1 Å². The topological polar surface area (TPSA) is 43.1 Å². The summed E-state index contributed by atoms with van der Waals surface area (Å²) >= 11 is 7.66. The van der Waals surface area contributed by atoms with E-state index < -0.39 is 0 Å². The van der Waals surface area contributed by atoms with Crippen molar-refractivity contribution in [1.82, 2.24) is 0 Å². The molecule has 0 aliphatic heterocycles. The van der Waals surface area contributed by atoms with E-state index in [9.17, 15) is 10.1 Å². The molecule has 2 rings (SSSR count). The highest BCUT2D eigenvalue weighted by Crippen LogP contribution is 2.33. The number of hydrogen-bond donors (Lipinski definition) is 0. The molecule has 18 heavy (non-hydrogen) atoms. The zero-order chi connectivity index (χ0) is 13.0. The van der Waals surface area contributed by atoms with Gasteiger partial charge in [0, 0.05) is 20.3 Å². The first kappa shape index (κ1) is 12.9. The van der Waals surface area contributed by atoms with Gasteiger partial charge in [-0.3, -0.25) is 10.1 Å². The summed E-state index contributed by atoms with van der Waals surface area (Å²) in [4.78, 5) is 12.0. The molecular weight excluding hydrogens is 270 g/mol. The Morgan fingerprint density at radius 1 is 1.17 bits per heavy atom. The molecule has 0 heterocycles. The SMILES string of the molecule is O=[N+]([O-])Cc1ccc(Sc2ccccc2)c(Cl)c1. The molecule has 0 N–H and O–H groups in total. The molecule has 5 heteroatoms. The Bertz CT molecular complexity index is 560. The summed E-state index contributed by atoms with van der Waals surface area (Å²) in [6, 6.07) is 15.0. The smallest absolute Gasteiger partial charge is 0.228 e. The van der Waals surface area contributed by atoms with Crippen molar-refractivity contribution in [3.63, 3.8) is 0 Å². The van der Waals surface area contributed by atoms with Crippen LogP contribution in [0.15, 0.2) is 58.3 Å². The van der Waals surface area contributed by atoms with E-state index in [1.165, 1.54) is 0 Å². The lowest BCUT2D eigenvalue weighted by Gasteiger charge is -2.05. The number of halogens is 1. The van der Waals surface area contributed by atoms with E-state index in [0.717, 1.165) is 9.79 Å². The fraction of sp³-hybridized carbons (Fsp3) is 0.0769. The van der Waals surface area contributed by atoms with Gasteiger partial charge in [-0.2, -0.15) is 0 Å². The lowest BCUT2D eigenvalue weighted by molar-refractivity contribution is -0.496. The summed E-state index contributed by atoms with van der Waals surface area (Å²) in [5.74, 6) is 0. The maximum atomic E-state index is 10.4. The Kier molecular flexibility index (Phi) is 4.23. The number of hydrogen-bond acceptors (Lipinski definition) is 3. The predicted octanol–water partition coefficient (Wildman–Crippen LogP) is 4.27. The van der Waals surface area contributed by atoms with Crippen LogP contribution < -0.4 is 0 Å². The fourth-order valence-corrected chi connectivity index (χ4v) is 2.65. The zero-order valence-electron chi connectivity index (χ0n) is 9.38. The van der Waals surface area contributed by atoms with Gasteiger partial charge < -0.3 is 0 Å². The van der Waals surface area contributed by atoms with Gasteiger partial charge in [-0.15, -0.1) is 0 Å². The second-order valence-corrected chi connectivity index (χ2v) is 5.19. The first-order chi connectivity index (χ1) is 8.65. The van der Waals surface area contributed by atoms with Crippen LogP contribution in [0.2, 0.25) is 5.02 Å². The van der Waals surface area contributed by atoms with Gasteiger partial charge in [-0.1, -0.05) is 47.6 Å². The molecule has 0 fully saturated rings. The minimum atomic E-state index is -0.365. The second kappa shape index (κ2) is 5.89. The largest absolute Gasteiger partial charge is 0.264 e. The van der Waals surface area contributed by atoms with Crippen molar-refractivity contribution in [3.8, 4) is 0 Å². The van der Waals surface area contributed by atoms with Gasteiger partial charge >= 0.3 is 0 Å². The summed E-state index contributed by atoms with van der Waals surface area (Å²) in [7, 11) is 0. The van der Waals surface area contributed by atoms with Crippen molar-refractivity contribution < 1.29 is 4.92 Å². The van der Waals surface area contributed by atoms with E-state index in [0.29, 0.717) is 10.6 Å². The summed E-state index contributed by atoms with van der Waals surface area (Å²) in [6.45, 7) is -0.198. The van der Waals surface area contributed by atoms with Crippen molar-refractivity contribution in [2.45, 2.75) is 16.3 Å². The molecule has 0 radical (unpaired) electrons. The van der Waals surface area contributed by atoms with E-state index in [2.05, 4.69) is 0 Å². The second-order valence-electron chi connectivity index (χ2n) is 3.67. The first-order valence-corrected chi connectivity index (χ1v) is 6.48. The predicted molar refractivity (Wildman–Crippen MR) is 72.7 cm³/mol. The van der Waals surface area contributed by atoms with E-state index in [4.69, 9.17) is 11.6 Å². The van der Waals surface area contributed by atoms with E-state index in [-0.39, 0.29) is 11.5 Å². The van der Waals surface area contributed by atoms with E-state index in [1.807, 2.05) is 36.4 Å². The lowest BCUT2D eigenvalue weighted by atomic mass is 10.2. The van der Waals surface area contributed by atoms with Crippen LogP contribution in [0.3, 0.4) is 0 Å². The highest BCUT2D eigenvalue weighted by molar-refractivity contribution is 7.99. The Balaban J connectivity index is 2.17. The molecule has 3 nitrogen and oxygen atoms in total. The van der Waals surface area contributed by atoms with Crippen molar-refractivity contribution in [2.75, 3.05) is 0 Å². The van der Waals surface area contributed by atoms with Gasteiger partial charge in [0.25, 0.3) is 0 Å². The van der Waals surface area contributed by atoms with Gasteiger partial charge in [0.05, 0.1) is 5.02 Å². The van der Waals surface area contributed by atoms with Crippen LogP contribution in [0.5, 0.6) is 0 Å². The molecule has 0 unspecified atom stereocenters. The van der Waals surface area contributed by atoms with Crippen LogP contribution in [0.1, 0.15) is 5.56 Å². The van der Waals surface area contributed by atoms with Gasteiger partial charge in [0.2, 0.25) is 6.54 Å². The summed E-state index contributed by atoms with van der Waals surface area (Å²) < 4.78 is 0. The summed E-state index contributed by atoms with van der Waals surface area (Å²) in [5, 5.41) is 11.0. The highest BCUT2D eigenvalue weighted by atomic mass is 35.5. The lowest BCUT2D eigenvalue weighted by Crippen LogP contribution is -1.97. The third-order valence-electron chi connectivity index (χ3n) is 2.28. The molecule has 0 aliphatic carbocycles. The molecule has 0 saturated heterocycles. The van der Waals surface area contributed by atoms with E-state index >= 15 is 0 Å². The molecule has 92 valence electrons. The van der Waals surface area contributed by atoms with Crippen LogP contribution in [-0.4, -0.2) is 4.92 Å². The molecule has 0 saturated carbocycles. The molecular formula is C13H10ClNO2S. The summed E-state index contributed by atoms with van der Waals surface area (Å²) in [6.07, 6.45) is 0. The molecule has 0 spiro atoms. The Morgan fingerprint density at radius 3 is 2.50 bits per heavy atom. The third kappa shape index (κ3) is 3.48. The van der Waals surface area contributed by atoms with Gasteiger partial charge in [0.1, 0.15) is 0 Å². The van der Waals surface area contributed by atoms with Gasteiger partial charge in [-0.25, -0.2) is 0 Å². The zero-order valence-corrected chi connectivity index (χ0v) is 10.9. The molecule has 2 aromatic rings. The van der Waals surface area contributed by atoms with Gasteiger partial charge in [-0.05, 0) is 24.3 Å². The molecule has 0 amide bonds. The minimum absolute atomic E-state index is 0.198.